The Kier molecular flexibility index (Phi) is 9.79. The van der Waals surface area contributed by atoms with Crippen LogP contribution in [0.15, 0.2) is 53.1 Å². The van der Waals surface area contributed by atoms with Crippen LogP contribution in [-0.2, 0) is 9.59 Å². The van der Waals surface area contributed by atoms with E-state index >= 15 is 4.39 Å². The van der Waals surface area contributed by atoms with Gasteiger partial charge in [-0.15, -0.1) is 0 Å². The van der Waals surface area contributed by atoms with Gasteiger partial charge in [0.1, 0.15) is 23.7 Å². The van der Waals surface area contributed by atoms with Crippen LogP contribution in [0.1, 0.15) is 78.8 Å². The van der Waals surface area contributed by atoms with Gasteiger partial charge in [0.25, 0.3) is 0 Å². The number of nitrogens with one attached hydrogen (secondary N) is 3. The van der Waals surface area contributed by atoms with E-state index in [1.165, 1.54) is 6.07 Å². The Morgan fingerprint density at radius 2 is 1.77 bits per heavy atom. The smallest absolute Gasteiger partial charge is 0.249 e. The Morgan fingerprint density at radius 3 is 2.43 bits per heavy atom. The highest BCUT2D eigenvalue weighted by Crippen LogP contribution is 2.44. The molecule has 11 nitrogen and oxygen atoms in total. The van der Waals surface area contributed by atoms with E-state index in [9.17, 15) is 25.1 Å². The van der Waals surface area contributed by atoms with Gasteiger partial charge in [-0.1, -0.05) is 28.9 Å². The maximum atomic E-state index is 15.4. The van der Waals surface area contributed by atoms with Gasteiger partial charge in [0, 0.05) is 29.6 Å². The zero-order valence-corrected chi connectivity index (χ0v) is 30.4. The van der Waals surface area contributed by atoms with Crippen molar-refractivity contribution in [2.75, 3.05) is 17.2 Å². The van der Waals surface area contributed by atoms with Gasteiger partial charge in [0.15, 0.2) is 0 Å². The second-order valence-corrected chi connectivity index (χ2v) is 14.6. The summed E-state index contributed by atoms with van der Waals surface area (Å²) in [6, 6.07) is 15.5. The van der Waals surface area contributed by atoms with E-state index in [1.807, 2.05) is 19.9 Å². The number of aryl methyl sites for hydroxylation is 3. The lowest BCUT2D eigenvalue weighted by atomic mass is 9.75. The molecule has 2 aromatic heterocycles. The molecule has 3 heterocycles. The summed E-state index contributed by atoms with van der Waals surface area (Å²) in [6.07, 6.45) is 3.72. The van der Waals surface area contributed by atoms with E-state index in [2.05, 4.69) is 52.3 Å². The molecule has 7 rings (SSSR count). The number of aromatic nitrogens is 2. The number of hydrogen-bond acceptors (Lipinski definition) is 9. The molecule has 0 spiro atoms. The molecule has 1 saturated heterocycles. The number of carbonyl (C=O) groups excluding carboxylic acids is 2. The maximum Gasteiger partial charge on any atom is 0.249 e. The van der Waals surface area contributed by atoms with Crippen molar-refractivity contribution in [2.24, 2.45) is 11.8 Å². The predicted molar refractivity (Wildman–Crippen MR) is 199 cm³/mol. The highest BCUT2D eigenvalue weighted by Gasteiger charge is 2.34. The highest BCUT2D eigenvalue weighted by atomic mass is 35.5. The maximum absolute atomic E-state index is 15.4. The molecule has 2 fully saturated rings. The van der Waals surface area contributed by atoms with Crippen LogP contribution in [0.3, 0.4) is 0 Å². The van der Waals surface area contributed by atoms with Crippen LogP contribution in [-0.4, -0.2) is 38.3 Å². The van der Waals surface area contributed by atoms with Gasteiger partial charge in [0.2, 0.25) is 23.6 Å². The third-order valence-corrected chi connectivity index (χ3v) is 11.2. The van der Waals surface area contributed by atoms with Crippen LogP contribution < -0.4 is 16.0 Å². The fourth-order valence-corrected chi connectivity index (χ4v) is 8.22. The van der Waals surface area contributed by atoms with Crippen molar-refractivity contribution in [1.82, 2.24) is 15.0 Å². The van der Waals surface area contributed by atoms with Crippen molar-refractivity contribution in [3.8, 4) is 29.0 Å². The monoisotopic (exact) mass is 738 g/mol. The number of aromatic hydroxyl groups is 2. The molecule has 3 aromatic carbocycles. The van der Waals surface area contributed by atoms with Crippen molar-refractivity contribution in [3.63, 3.8) is 0 Å². The van der Waals surface area contributed by atoms with E-state index in [0.29, 0.717) is 17.1 Å². The van der Waals surface area contributed by atoms with Gasteiger partial charge >= 0.3 is 0 Å². The average molecular weight is 739 g/mol. The first-order valence-electron chi connectivity index (χ1n) is 17.8. The highest BCUT2D eigenvalue weighted by molar-refractivity contribution is 6.32. The molecule has 2 amide bonds. The molecular formula is C40H40ClFN6O5. The fourth-order valence-electron chi connectivity index (χ4n) is 7.99. The number of fused-ring (bicyclic) bond motifs is 1. The van der Waals surface area contributed by atoms with E-state index in [-0.39, 0.29) is 53.1 Å². The molecule has 1 aliphatic carbocycles. The fraction of sp³-hybridized carbons (Fsp3) is 0.350. The number of benzene rings is 3. The third kappa shape index (κ3) is 6.89. The van der Waals surface area contributed by atoms with Crippen LogP contribution in [0.5, 0.6) is 11.8 Å². The van der Waals surface area contributed by atoms with Crippen molar-refractivity contribution in [2.45, 2.75) is 71.4 Å². The minimum atomic E-state index is -0.996. The first-order valence-corrected chi connectivity index (χ1v) is 18.1. The summed E-state index contributed by atoms with van der Waals surface area (Å²) in [5, 5.41) is 45.3. The first-order chi connectivity index (χ1) is 25.4. The normalized spacial score (nSPS) is 19.5. The lowest BCUT2D eigenvalue weighted by Gasteiger charge is -2.36. The third-order valence-electron chi connectivity index (χ3n) is 10.9. The minimum Gasteiger partial charge on any atom is -0.494 e. The molecule has 53 heavy (non-hydrogen) atoms. The van der Waals surface area contributed by atoms with E-state index in [4.69, 9.17) is 16.1 Å². The Bertz CT molecular complexity index is 2270. The van der Waals surface area contributed by atoms with Gasteiger partial charge in [-0.05, 0) is 118 Å². The quantitative estimate of drug-likeness (QED) is 0.0935. The van der Waals surface area contributed by atoms with Crippen LogP contribution in [0.4, 0.5) is 15.8 Å². The lowest BCUT2D eigenvalue weighted by Crippen LogP contribution is -2.41. The zero-order valence-electron chi connectivity index (χ0n) is 29.6. The Balaban J connectivity index is 1.09. The molecule has 1 saturated carbocycles. The summed E-state index contributed by atoms with van der Waals surface area (Å²) in [7, 11) is 0. The molecule has 274 valence electrons. The number of rotatable bonds is 9. The van der Waals surface area contributed by atoms with E-state index in [0.717, 1.165) is 75.7 Å². The number of piperidine rings is 1. The van der Waals surface area contributed by atoms with Crippen LogP contribution in [0.25, 0.3) is 21.9 Å². The molecule has 13 heteroatoms. The largest absolute Gasteiger partial charge is 0.494 e. The minimum absolute atomic E-state index is 0.0578. The molecular weight excluding hydrogens is 699 g/mol. The second-order valence-electron chi connectivity index (χ2n) is 14.2. The molecule has 0 unspecified atom stereocenters. The number of nitrogens with zero attached hydrogens (tertiary/aromatic N) is 3. The standard InChI is InChI=1S/C40H40ClFN6O5/c1-20-4-7-25(36-21(2)47-53-22(36)3)14-28(20)37(45-27-11-10-26(18-43)31(41)15-27)24-8-5-23(6-9-24)19-44-33-17-30-29(16-32(33)42)39(51)48(40(30)52)34-12-13-35(49)46-38(34)50/h4,7,10-11,14-17,23-24,34,37,44-45,51-52H,5-6,8-9,12-13,19H2,1-3H3,(H,46,49,50)/t23?,24?,34-,37-/m1/s1. The number of halogens is 2. The summed E-state index contributed by atoms with van der Waals surface area (Å²) >= 11 is 6.45. The van der Waals surface area contributed by atoms with E-state index in [1.54, 1.807) is 12.1 Å². The lowest BCUT2D eigenvalue weighted by molar-refractivity contribution is -0.135. The second kappa shape index (κ2) is 14.5. The van der Waals surface area contributed by atoms with E-state index < -0.39 is 29.6 Å². The van der Waals surface area contributed by atoms with Crippen molar-refractivity contribution in [3.05, 3.63) is 87.5 Å². The molecule has 5 aromatic rings. The predicted octanol–water partition coefficient (Wildman–Crippen LogP) is 8.35. The van der Waals surface area contributed by atoms with Gasteiger partial charge < -0.3 is 25.4 Å². The molecule has 2 atom stereocenters. The van der Waals surface area contributed by atoms with Crippen molar-refractivity contribution >= 4 is 45.6 Å². The summed E-state index contributed by atoms with van der Waals surface area (Å²) in [4.78, 5) is 24.1. The molecule has 0 bridgehead atoms. The SMILES string of the molecule is Cc1ccc(-c2c(C)noc2C)cc1[C@H](Nc1ccc(C#N)c(Cl)c1)C1CCC(CNc2cc3c(O)n([C@@H]4CCC(=O)NC4=O)c(O)c3cc2F)CC1. The van der Waals surface area contributed by atoms with Gasteiger partial charge in [0.05, 0.1) is 33.4 Å². The Labute approximate surface area is 310 Å². The van der Waals surface area contributed by atoms with Crippen molar-refractivity contribution in [1.29, 1.82) is 5.26 Å². The Hall–Kier alpha value is -5.54. The number of imide groups is 1. The number of carbonyl (C=O) groups is 2. The number of nitriles is 1. The van der Waals surface area contributed by atoms with Crippen LogP contribution in [0.2, 0.25) is 5.02 Å². The number of anilines is 2. The topological polar surface area (TPSA) is 165 Å². The Morgan fingerprint density at radius 1 is 1.04 bits per heavy atom. The first kappa shape index (κ1) is 35.8. The van der Waals surface area contributed by atoms with Crippen molar-refractivity contribution < 1.29 is 28.7 Å². The molecule has 2 aliphatic rings. The molecule has 5 N–H and O–H groups in total. The summed E-state index contributed by atoms with van der Waals surface area (Å²) in [5.41, 5.74) is 6.50. The van der Waals surface area contributed by atoms with Gasteiger partial charge in [-0.3, -0.25) is 19.5 Å². The van der Waals surface area contributed by atoms with Gasteiger partial charge in [-0.2, -0.15) is 5.26 Å². The summed E-state index contributed by atoms with van der Waals surface area (Å²) in [5.74, 6) is -1.21. The van der Waals surface area contributed by atoms with Crippen LogP contribution >= 0.6 is 11.6 Å². The average Bonchev–Trinajstić information content (AvgIpc) is 3.59. The van der Waals surface area contributed by atoms with Crippen LogP contribution in [0, 0.1) is 49.8 Å². The molecule has 0 radical (unpaired) electrons. The summed E-state index contributed by atoms with van der Waals surface area (Å²) < 4.78 is 21.9. The number of amides is 2. The van der Waals surface area contributed by atoms with Gasteiger partial charge in [-0.25, -0.2) is 4.39 Å². The zero-order chi connectivity index (χ0) is 37.6. The number of hydrogen-bond donors (Lipinski definition) is 5. The summed E-state index contributed by atoms with van der Waals surface area (Å²) in [6.45, 7) is 6.44. The molecule has 1 aliphatic heterocycles.